The highest BCUT2D eigenvalue weighted by Gasteiger charge is 2.05. The molecular formula is C13H24N2. The topological polar surface area (TPSA) is 6.48 Å². The van der Waals surface area contributed by atoms with Crippen molar-refractivity contribution in [2.75, 3.05) is 34.2 Å². The molecule has 0 N–H and O–H groups in total. The lowest BCUT2D eigenvalue weighted by Crippen LogP contribution is -2.28. The van der Waals surface area contributed by atoms with Crippen LogP contribution in [0.25, 0.3) is 0 Å². The summed E-state index contributed by atoms with van der Waals surface area (Å²) in [6.45, 7) is 12.0. The highest BCUT2D eigenvalue weighted by atomic mass is 15.2. The quantitative estimate of drug-likeness (QED) is 0.593. The molecule has 15 heavy (non-hydrogen) atoms. The van der Waals surface area contributed by atoms with Crippen LogP contribution in [0.3, 0.4) is 0 Å². The van der Waals surface area contributed by atoms with Crippen molar-refractivity contribution in [2.24, 2.45) is 0 Å². The monoisotopic (exact) mass is 208 g/mol. The van der Waals surface area contributed by atoms with E-state index in [2.05, 4.69) is 51.0 Å². The third kappa shape index (κ3) is 5.43. The molecule has 86 valence electrons. The smallest absolute Gasteiger partial charge is 0.0323 e. The minimum absolute atomic E-state index is 0.997. The predicted molar refractivity (Wildman–Crippen MR) is 68.9 cm³/mol. The summed E-state index contributed by atoms with van der Waals surface area (Å²) in [5.41, 5.74) is 2.35. The van der Waals surface area contributed by atoms with Gasteiger partial charge in [0, 0.05) is 25.8 Å². The summed E-state index contributed by atoms with van der Waals surface area (Å²) in [4.78, 5) is 4.37. The van der Waals surface area contributed by atoms with Gasteiger partial charge in [0.05, 0.1) is 0 Å². The van der Waals surface area contributed by atoms with Crippen molar-refractivity contribution in [1.29, 1.82) is 0 Å². The Balaban J connectivity index is 4.29. The summed E-state index contributed by atoms with van der Waals surface area (Å²) in [6.07, 6.45) is 4.86. The molecule has 0 radical (unpaired) electrons. The van der Waals surface area contributed by atoms with Crippen LogP contribution in [0, 0.1) is 0 Å². The van der Waals surface area contributed by atoms with Crippen LogP contribution in [-0.2, 0) is 0 Å². The maximum absolute atomic E-state index is 4.11. The summed E-state index contributed by atoms with van der Waals surface area (Å²) in [7, 11) is 6.24. The van der Waals surface area contributed by atoms with E-state index < -0.39 is 0 Å². The number of hydrogen-bond acceptors (Lipinski definition) is 2. The Labute approximate surface area is 94.6 Å². The molecule has 0 atom stereocenters. The maximum atomic E-state index is 4.11. The average Bonchev–Trinajstić information content (AvgIpc) is 2.21. The fourth-order valence-corrected chi connectivity index (χ4v) is 1.29. The molecule has 0 aromatic carbocycles. The Kier molecular flexibility index (Phi) is 6.80. The predicted octanol–water partition coefficient (Wildman–Crippen LogP) is 2.52. The number of rotatable bonds is 7. The van der Waals surface area contributed by atoms with E-state index in [-0.39, 0.29) is 0 Å². The van der Waals surface area contributed by atoms with Gasteiger partial charge in [-0.2, -0.15) is 0 Å². The third-order valence-corrected chi connectivity index (χ3v) is 2.41. The van der Waals surface area contributed by atoms with Gasteiger partial charge in [-0.05, 0) is 26.1 Å². The van der Waals surface area contributed by atoms with E-state index in [0.717, 1.165) is 25.2 Å². The van der Waals surface area contributed by atoms with Gasteiger partial charge in [-0.15, -0.1) is 0 Å². The van der Waals surface area contributed by atoms with Gasteiger partial charge in [-0.3, -0.25) is 0 Å². The van der Waals surface area contributed by atoms with Crippen LogP contribution in [0.1, 0.15) is 13.3 Å². The highest BCUT2D eigenvalue weighted by Crippen LogP contribution is 2.14. The first kappa shape index (κ1) is 14.0. The minimum Gasteiger partial charge on any atom is -0.374 e. The lowest BCUT2D eigenvalue weighted by molar-refractivity contribution is 0.328. The first-order chi connectivity index (χ1) is 7.02. The van der Waals surface area contributed by atoms with E-state index in [1.807, 2.05) is 12.2 Å². The summed E-state index contributed by atoms with van der Waals surface area (Å²) in [6, 6.07) is 0. The van der Waals surface area contributed by atoms with Crippen LogP contribution < -0.4 is 0 Å². The Morgan fingerprint density at radius 1 is 1.20 bits per heavy atom. The van der Waals surface area contributed by atoms with Crippen LogP contribution >= 0.6 is 0 Å². The molecule has 0 heterocycles. The van der Waals surface area contributed by atoms with Crippen molar-refractivity contribution >= 4 is 0 Å². The first-order valence-electron chi connectivity index (χ1n) is 5.39. The van der Waals surface area contributed by atoms with Crippen molar-refractivity contribution in [2.45, 2.75) is 13.3 Å². The number of allylic oxidation sites excluding steroid dienone is 3. The van der Waals surface area contributed by atoms with E-state index in [0.29, 0.717) is 0 Å². The average molecular weight is 208 g/mol. The molecule has 2 heteroatoms. The molecule has 0 aliphatic rings. The normalized spacial score (nSPS) is 11.7. The molecule has 0 saturated heterocycles. The van der Waals surface area contributed by atoms with Crippen LogP contribution in [0.5, 0.6) is 0 Å². The van der Waals surface area contributed by atoms with Gasteiger partial charge in [-0.1, -0.05) is 32.2 Å². The van der Waals surface area contributed by atoms with Crippen LogP contribution in [0.2, 0.25) is 0 Å². The zero-order valence-corrected chi connectivity index (χ0v) is 10.6. The molecule has 0 aromatic rings. The van der Waals surface area contributed by atoms with Crippen molar-refractivity contribution in [3.63, 3.8) is 0 Å². The van der Waals surface area contributed by atoms with Gasteiger partial charge in [0.1, 0.15) is 0 Å². The van der Waals surface area contributed by atoms with Gasteiger partial charge in [-0.25, -0.2) is 0 Å². The molecule has 0 aliphatic heterocycles. The lowest BCUT2D eigenvalue weighted by Gasteiger charge is -2.24. The number of nitrogens with zero attached hydrogens (tertiary/aromatic N) is 2. The van der Waals surface area contributed by atoms with Crippen molar-refractivity contribution in [3.05, 3.63) is 36.6 Å². The molecule has 0 aromatic heterocycles. The Morgan fingerprint density at radius 2 is 1.80 bits per heavy atom. The second-order valence-electron chi connectivity index (χ2n) is 3.95. The number of hydrogen-bond donors (Lipinski definition) is 0. The Bertz CT molecular complexity index is 239. The Morgan fingerprint density at radius 3 is 2.20 bits per heavy atom. The van der Waals surface area contributed by atoms with Crippen LogP contribution in [-0.4, -0.2) is 44.0 Å². The minimum atomic E-state index is 0.997. The van der Waals surface area contributed by atoms with E-state index in [4.69, 9.17) is 0 Å². The van der Waals surface area contributed by atoms with Crippen molar-refractivity contribution in [1.82, 2.24) is 9.80 Å². The number of likely N-dealkylation sites (N-methyl/N-ethyl adjacent to an activating group) is 2. The zero-order chi connectivity index (χ0) is 11.8. The van der Waals surface area contributed by atoms with Gasteiger partial charge in [0.25, 0.3) is 0 Å². The second-order valence-corrected chi connectivity index (χ2v) is 3.95. The summed E-state index contributed by atoms with van der Waals surface area (Å²) in [5.74, 6) is 0. The second kappa shape index (κ2) is 7.30. The molecule has 0 saturated carbocycles. The largest absolute Gasteiger partial charge is 0.374 e. The molecule has 0 fully saturated rings. The molecular weight excluding hydrogens is 184 g/mol. The lowest BCUT2D eigenvalue weighted by atomic mass is 10.1. The van der Waals surface area contributed by atoms with Gasteiger partial charge < -0.3 is 9.80 Å². The molecule has 0 amide bonds. The SMILES string of the molecule is C=C/C=C(/CC)C(=C)N(C)CCN(C)C. The van der Waals surface area contributed by atoms with Gasteiger partial charge in [0.2, 0.25) is 0 Å². The zero-order valence-electron chi connectivity index (χ0n) is 10.6. The highest BCUT2D eigenvalue weighted by molar-refractivity contribution is 5.29. The summed E-state index contributed by atoms with van der Waals surface area (Å²) >= 11 is 0. The van der Waals surface area contributed by atoms with E-state index in [1.54, 1.807) is 0 Å². The van der Waals surface area contributed by atoms with E-state index >= 15 is 0 Å². The fourth-order valence-electron chi connectivity index (χ4n) is 1.29. The molecule has 0 unspecified atom stereocenters. The van der Waals surface area contributed by atoms with Crippen molar-refractivity contribution in [3.8, 4) is 0 Å². The van der Waals surface area contributed by atoms with Gasteiger partial charge in [0.15, 0.2) is 0 Å². The summed E-state index contributed by atoms with van der Waals surface area (Å²) in [5, 5.41) is 0. The first-order valence-corrected chi connectivity index (χ1v) is 5.39. The van der Waals surface area contributed by atoms with Crippen molar-refractivity contribution < 1.29 is 0 Å². The van der Waals surface area contributed by atoms with E-state index in [1.165, 1.54) is 5.57 Å². The standard InChI is InChI=1S/C13H24N2/c1-7-9-13(8-2)12(3)15(6)11-10-14(4)5/h7,9H,1,3,8,10-11H2,2,4-6H3/b13-9-. The Hall–Kier alpha value is -1.02. The molecule has 0 aliphatic carbocycles. The molecule has 0 rings (SSSR count). The van der Waals surface area contributed by atoms with Crippen LogP contribution in [0.15, 0.2) is 36.6 Å². The summed E-state index contributed by atoms with van der Waals surface area (Å²) < 4.78 is 0. The van der Waals surface area contributed by atoms with Crippen LogP contribution in [0.4, 0.5) is 0 Å². The van der Waals surface area contributed by atoms with E-state index in [9.17, 15) is 0 Å². The maximum Gasteiger partial charge on any atom is 0.0323 e. The fraction of sp³-hybridized carbons (Fsp3) is 0.538. The third-order valence-electron chi connectivity index (χ3n) is 2.41. The molecule has 0 spiro atoms. The molecule has 0 bridgehead atoms. The molecule has 2 nitrogen and oxygen atoms in total. The van der Waals surface area contributed by atoms with Gasteiger partial charge >= 0.3 is 0 Å².